The van der Waals surface area contributed by atoms with Crippen molar-refractivity contribution in [3.8, 4) is 30.4 Å². The highest BCUT2D eigenvalue weighted by molar-refractivity contribution is 5.48. The number of rotatable bonds is 2. The fourth-order valence-corrected chi connectivity index (χ4v) is 2.32. The molecule has 0 N–H and O–H groups in total. The number of hydrogen-bond acceptors (Lipinski definition) is 1. The van der Waals surface area contributed by atoms with Crippen molar-refractivity contribution in [3.63, 3.8) is 0 Å². The monoisotopic (exact) mass is 244 g/mol. The van der Waals surface area contributed by atoms with Crippen LogP contribution in [0.5, 0.6) is 5.75 Å². The molecule has 2 aromatic rings. The van der Waals surface area contributed by atoms with Crippen LogP contribution in [0.3, 0.4) is 0 Å². The van der Waals surface area contributed by atoms with Gasteiger partial charge in [0.25, 0.3) is 0 Å². The highest BCUT2D eigenvalue weighted by atomic mass is 16.5. The molecular formula is C18H12O. The highest BCUT2D eigenvalue weighted by Crippen LogP contribution is 2.36. The van der Waals surface area contributed by atoms with Gasteiger partial charge in [-0.1, -0.05) is 36.1 Å². The van der Waals surface area contributed by atoms with E-state index in [2.05, 4.69) is 24.0 Å². The summed E-state index contributed by atoms with van der Waals surface area (Å²) in [6.45, 7) is 0. The number of benzene rings is 2. The quantitative estimate of drug-likeness (QED) is 0.736. The summed E-state index contributed by atoms with van der Waals surface area (Å²) >= 11 is 0. The van der Waals surface area contributed by atoms with E-state index in [1.165, 1.54) is 11.1 Å². The Balaban J connectivity index is 1.86. The lowest BCUT2D eigenvalue weighted by molar-refractivity contribution is 0.181. The third-order valence-corrected chi connectivity index (χ3v) is 3.33. The van der Waals surface area contributed by atoms with Crippen molar-refractivity contribution in [1.82, 2.24) is 0 Å². The Kier molecular flexibility index (Phi) is 2.75. The molecule has 90 valence electrons. The minimum atomic E-state index is 0.106. The summed E-state index contributed by atoms with van der Waals surface area (Å²) in [7, 11) is 0. The Labute approximate surface area is 113 Å². The van der Waals surface area contributed by atoms with Crippen molar-refractivity contribution in [3.05, 3.63) is 64.7 Å². The molecule has 0 saturated heterocycles. The molecule has 1 atom stereocenters. The average molecular weight is 244 g/mol. The van der Waals surface area contributed by atoms with Gasteiger partial charge in [0.15, 0.2) is 0 Å². The largest absolute Gasteiger partial charge is 0.485 e. The summed E-state index contributed by atoms with van der Waals surface area (Å²) in [5, 5.41) is 0. The minimum Gasteiger partial charge on any atom is -0.485 e. The van der Waals surface area contributed by atoms with Crippen molar-refractivity contribution in [2.75, 3.05) is 0 Å². The smallest absolute Gasteiger partial charge is 0.128 e. The molecule has 0 aliphatic heterocycles. The summed E-state index contributed by atoms with van der Waals surface area (Å²) in [4.78, 5) is 0. The highest BCUT2D eigenvalue weighted by Gasteiger charge is 2.27. The predicted octanol–water partition coefficient (Wildman–Crippen LogP) is 3.33. The number of terminal acetylenes is 2. The second kappa shape index (κ2) is 4.56. The third kappa shape index (κ3) is 2.07. The zero-order chi connectivity index (χ0) is 13.2. The van der Waals surface area contributed by atoms with Crippen molar-refractivity contribution < 1.29 is 4.74 Å². The molecule has 0 amide bonds. The number of ether oxygens (including phenoxy) is 1. The summed E-state index contributed by atoms with van der Waals surface area (Å²) in [5.74, 6) is 5.93. The van der Waals surface area contributed by atoms with E-state index in [0.29, 0.717) is 0 Å². The summed E-state index contributed by atoms with van der Waals surface area (Å²) in [5.41, 5.74) is 4.09. The van der Waals surface area contributed by atoms with Crippen LogP contribution in [0.2, 0.25) is 0 Å². The van der Waals surface area contributed by atoms with Crippen LogP contribution in [0.25, 0.3) is 0 Å². The molecule has 1 heteroatoms. The Morgan fingerprint density at radius 3 is 2.32 bits per heavy atom. The van der Waals surface area contributed by atoms with Gasteiger partial charge in [-0.25, -0.2) is 0 Å². The minimum absolute atomic E-state index is 0.106. The summed E-state index contributed by atoms with van der Waals surface area (Å²) in [6.07, 6.45) is 11.9. The van der Waals surface area contributed by atoms with Gasteiger partial charge in [0, 0.05) is 17.5 Å². The Morgan fingerprint density at radius 2 is 1.68 bits per heavy atom. The van der Waals surface area contributed by atoms with Crippen LogP contribution in [0.1, 0.15) is 28.4 Å². The fraction of sp³-hybridized carbons (Fsp3) is 0.111. The fourth-order valence-electron chi connectivity index (χ4n) is 2.32. The molecule has 1 aliphatic rings. The van der Waals surface area contributed by atoms with E-state index in [9.17, 15) is 0 Å². The topological polar surface area (TPSA) is 9.23 Å². The van der Waals surface area contributed by atoms with E-state index in [0.717, 1.165) is 23.3 Å². The van der Waals surface area contributed by atoms with Crippen LogP contribution in [0, 0.1) is 24.7 Å². The van der Waals surface area contributed by atoms with Crippen LogP contribution in [-0.2, 0) is 6.42 Å². The van der Waals surface area contributed by atoms with Gasteiger partial charge < -0.3 is 4.74 Å². The standard InChI is InChI=1S/C18H12O/c1-3-13-9-14(4-2)11-16(10-13)19-18-12-15-7-5-6-8-17(15)18/h1-2,5-11,18H,12H2. The van der Waals surface area contributed by atoms with Gasteiger partial charge in [-0.3, -0.25) is 0 Å². The Morgan fingerprint density at radius 1 is 1.00 bits per heavy atom. The molecule has 0 heterocycles. The lowest BCUT2D eigenvalue weighted by Crippen LogP contribution is -2.22. The van der Waals surface area contributed by atoms with Gasteiger partial charge >= 0.3 is 0 Å². The normalized spacial score (nSPS) is 15.6. The SMILES string of the molecule is C#Cc1cc(C#C)cc(OC2Cc3ccccc32)c1. The summed E-state index contributed by atoms with van der Waals surface area (Å²) < 4.78 is 5.97. The van der Waals surface area contributed by atoms with Crippen LogP contribution in [0.4, 0.5) is 0 Å². The zero-order valence-electron chi connectivity index (χ0n) is 10.4. The zero-order valence-corrected chi connectivity index (χ0v) is 10.4. The van der Waals surface area contributed by atoms with E-state index >= 15 is 0 Å². The second-order valence-electron chi connectivity index (χ2n) is 4.54. The van der Waals surface area contributed by atoms with Crippen LogP contribution >= 0.6 is 0 Å². The Bertz CT molecular complexity index is 681. The molecular weight excluding hydrogens is 232 g/mol. The van der Waals surface area contributed by atoms with Crippen molar-refractivity contribution in [2.24, 2.45) is 0 Å². The van der Waals surface area contributed by atoms with Gasteiger partial charge in [-0.05, 0) is 29.3 Å². The molecule has 2 aromatic carbocycles. The third-order valence-electron chi connectivity index (χ3n) is 3.33. The van der Waals surface area contributed by atoms with E-state index < -0.39 is 0 Å². The first kappa shape index (κ1) is 11.5. The van der Waals surface area contributed by atoms with E-state index in [1.807, 2.05) is 30.3 Å². The Hall–Kier alpha value is -2.64. The lowest BCUT2D eigenvalue weighted by Gasteiger charge is -2.30. The van der Waals surface area contributed by atoms with E-state index in [-0.39, 0.29) is 6.10 Å². The van der Waals surface area contributed by atoms with Crippen LogP contribution < -0.4 is 4.74 Å². The van der Waals surface area contributed by atoms with Crippen molar-refractivity contribution >= 4 is 0 Å². The first-order chi connectivity index (χ1) is 9.30. The molecule has 0 aromatic heterocycles. The molecule has 0 saturated carbocycles. The van der Waals surface area contributed by atoms with E-state index in [4.69, 9.17) is 17.6 Å². The molecule has 3 rings (SSSR count). The predicted molar refractivity (Wildman–Crippen MR) is 75.8 cm³/mol. The summed E-state index contributed by atoms with van der Waals surface area (Å²) in [6, 6.07) is 13.8. The molecule has 1 unspecified atom stereocenters. The molecule has 0 radical (unpaired) electrons. The molecule has 19 heavy (non-hydrogen) atoms. The maximum absolute atomic E-state index is 5.97. The number of hydrogen-bond donors (Lipinski definition) is 0. The maximum atomic E-state index is 5.97. The van der Waals surface area contributed by atoms with Gasteiger partial charge in [-0.15, -0.1) is 12.8 Å². The van der Waals surface area contributed by atoms with Crippen LogP contribution in [0.15, 0.2) is 42.5 Å². The average Bonchev–Trinajstić information content (AvgIpc) is 2.44. The lowest BCUT2D eigenvalue weighted by atomic mass is 9.85. The maximum Gasteiger partial charge on any atom is 0.128 e. The number of fused-ring (bicyclic) bond motifs is 1. The van der Waals surface area contributed by atoms with Crippen molar-refractivity contribution in [1.29, 1.82) is 0 Å². The van der Waals surface area contributed by atoms with Crippen molar-refractivity contribution in [2.45, 2.75) is 12.5 Å². The molecule has 0 fully saturated rings. The van der Waals surface area contributed by atoms with Crippen LogP contribution in [-0.4, -0.2) is 0 Å². The molecule has 0 spiro atoms. The molecule has 0 bridgehead atoms. The van der Waals surface area contributed by atoms with Gasteiger partial charge in [0.05, 0.1) is 0 Å². The molecule has 1 nitrogen and oxygen atoms in total. The first-order valence-corrected chi connectivity index (χ1v) is 6.13. The molecule has 1 aliphatic carbocycles. The second-order valence-corrected chi connectivity index (χ2v) is 4.54. The van der Waals surface area contributed by atoms with Gasteiger partial charge in [-0.2, -0.15) is 0 Å². The van der Waals surface area contributed by atoms with Gasteiger partial charge in [0.2, 0.25) is 0 Å². The van der Waals surface area contributed by atoms with E-state index in [1.54, 1.807) is 0 Å². The van der Waals surface area contributed by atoms with Gasteiger partial charge in [0.1, 0.15) is 11.9 Å². The first-order valence-electron chi connectivity index (χ1n) is 6.13.